The molecule has 0 spiro atoms. The Bertz CT molecular complexity index is 1170. The fraction of sp³-hybridized carbons (Fsp3) is 0.820. The molecule has 0 saturated heterocycles. The summed E-state index contributed by atoms with van der Waals surface area (Å²) in [5.74, 6) is -0.909. The molecule has 6 heteroatoms. The van der Waals surface area contributed by atoms with Crippen molar-refractivity contribution in [1.29, 1.82) is 0 Å². The molecule has 67 heavy (non-hydrogen) atoms. The van der Waals surface area contributed by atoms with E-state index in [0.717, 1.165) is 70.6 Å². The summed E-state index contributed by atoms with van der Waals surface area (Å²) >= 11 is 0. The molecule has 0 fully saturated rings. The van der Waals surface area contributed by atoms with Gasteiger partial charge in [0.15, 0.2) is 6.10 Å². The quantitative estimate of drug-likeness (QED) is 0.0262. The van der Waals surface area contributed by atoms with Crippen LogP contribution in [0.2, 0.25) is 0 Å². The van der Waals surface area contributed by atoms with Crippen molar-refractivity contribution in [3.63, 3.8) is 0 Å². The van der Waals surface area contributed by atoms with Gasteiger partial charge in [-0.05, 0) is 83.5 Å². The predicted octanol–water partition coefficient (Wildman–Crippen LogP) is 19.4. The average molecular weight is 940 g/mol. The molecule has 6 nitrogen and oxygen atoms in total. The van der Waals surface area contributed by atoms with Gasteiger partial charge in [-0.15, -0.1) is 0 Å². The van der Waals surface area contributed by atoms with Crippen LogP contribution in [0.5, 0.6) is 0 Å². The molecule has 0 heterocycles. The number of hydrogen-bond acceptors (Lipinski definition) is 6. The van der Waals surface area contributed by atoms with E-state index in [1.54, 1.807) is 0 Å². The summed E-state index contributed by atoms with van der Waals surface area (Å²) < 4.78 is 16.8. The molecule has 0 N–H and O–H groups in total. The highest BCUT2D eigenvalue weighted by Gasteiger charge is 2.19. The van der Waals surface area contributed by atoms with E-state index in [1.165, 1.54) is 193 Å². The summed E-state index contributed by atoms with van der Waals surface area (Å²) in [5.41, 5.74) is 0. The number of unbranched alkanes of at least 4 members (excludes halogenated alkanes) is 34. The molecule has 0 aliphatic rings. The first-order valence-electron chi connectivity index (χ1n) is 29.1. The number of ether oxygens (including phenoxy) is 3. The molecule has 390 valence electrons. The van der Waals surface area contributed by atoms with Gasteiger partial charge in [0.25, 0.3) is 0 Å². The SMILES string of the molecule is CCCCC/C=C\C/C=C\C/C=C\CCCCC(=O)OC[C@H](COC(=O)CCCCCCCCCCCCCCC)OC(=O)CCCCCCCCCCCCC/C=C\CCCCCCCC. The van der Waals surface area contributed by atoms with Gasteiger partial charge in [-0.1, -0.05) is 249 Å². The third-order valence-corrected chi connectivity index (χ3v) is 12.8. The van der Waals surface area contributed by atoms with Crippen LogP contribution in [0, 0.1) is 0 Å². The molecule has 0 aromatic heterocycles. The van der Waals surface area contributed by atoms with E-state index in [4.69, 9.17) is 14.2 Å². The molecule has 0 bridgehead atoms. The zero-order chi connectivity index (χ0) is 48.6. The third kappa shape index (κ3) is 54.2. The van der Waals surface area contributed by atoms with Crippen LogP contribution in [0.1, 0.15) is 303 Å². The zero-order valence-electron chi connectivity index (χ0n) is 44.7. The Labute approximate surface area is 416 Å². The highest BCUT2D eigenvalue weighted by molar-refractivity contribution is 5.71. The van der Waals surface area contributed by atoms with Gasteiger partial charge in [-0.25, -0.2) is 0 Å². The van der Waals surface area contributed by atoms with Crippen molar-refractivity contribution < 1.29 is 28.6 Å². The second-order valence-electron chi connectivity index (χ2n) is 19.6. The molecule has 0 unspecified atom stereocenters. The highest BCUT2D eigenvalue weighted by Crippen LogP contribution is 2.16. The minimum Gasteiger partial charge on any atom is -0.462 e. The maximum absolute atomic E-state index is 12.9. The lowest BCUT2D eigenvalue weighted by atomic mass is 10.0. The van der Waals surface area contributed by atoms with E-state index in [0.29, 0.717) is 19.3 Å². The molecular formula is C61H110O6. The topological polar surface area (TPSA) is 78.9 Å². The molecule has 0 radical (unpaired) electrons. The number of carbonyl (C=O) groups is 3. The Kier molecular flexibility index (Phi) is 53.8. The monoisotopic (exact) mass is 939 g/mol. The van der Waals surface area contributed by atoms with Gasteiger partial charge in [-0.3, -0.25) is 14.4 Å². The highest BCUT2D eigenvalue weighted by atomic mass is 16.6. The zero-order valence-corrected chi connectivity index (χ0v) is 44.7. The van der Waals surface area contributed by atoms with Gasteiger partial charge in [0.05, 0.1) is 0 Å². The first-order chi connectivity index (χ1) is 33.0. The van der Waals surface area contributed by atoms with Gasteiger partial charge >= 0.3 is 17.9 Å². The van der Waals surface area contributed by atoms with E-state index in [9.17, 15) is 14.4 Å². The van der Waals surface area contributed by atoms with Crippen molar-refractivity contribution in [2.24, 2.45) is 0 Å². The predicted molar refractivity (Wildman–Crippen MR) is 289 cm³/mol. The molecule has 0 amide bonds. The molecule has 0 aromatic rings. The molecule has 0 aliphatic carbocycles. The molecule has 0 rings (SSSR count). The molecule has 0 aromatic carbocycles. The maximum atomic E-state index is 12.9. The number of carbonyl (C=O) groups excluding carboxylic acids is 3. The van der Waals surface area contributed by atoms with Gasteiger partial charge in [0, 0.05) is 19.3 Å². The Hall–Kier alpha value is -2.63. The summed E-state index contributed by atoms with van der Waals surface area (Å²) in [6, 6.07) is 0. The number of esters is 3. The van der Waals surface area contributed by atoms with Crippen molar-refractivity contribution >= 4 is 17.9 Å². The van der Waals surface area contributed by atoms with Crippen LogP contribution >= 0.6 is 0 Å². The average Bonchev–Trinajstić information content (AvgIpc) is 3.33. The number of rotatable bonds is 53. The summed E-state index contributed by atoms with van der Waals surface area (Å²) in [6.45, 7) is 6.60. The van der Waals surface area contributed by atoms with E-state index in [-0.39, 0.29) is 31.1 Å². The minimum absolute atomic E-state index is 0.0822. The molecular weight excluding hydrogens is 829 g/mol. The van der Waals surface area contributed by atoms with Crippen LogP contribution in [0.3, 0.4) is 0 Å². The summed E-state index contributed by atoms with van der Waals surface area (Å²) in [5, 5.41) is 0. The van der Waals surface area contributed by atoms with Gasteiger partial charge in [-0.2, -0.15) is 0 Å². The molecule has 0 saturated carbocycles. The Morgan fingerprint density at radius 3 is 0.910 bits per heavy atom. The lowest BCUT2D eigenvalue weighted by Crippen LogP contribution is -2.30. The Balaban J connectivity index is 4.36. The molecule has 1 atom stereocenters. The number of allylic oxidation sites excluding steroid dienone is 8. The second-order valence-corrected chi connectivity index (χ2v) is 19.6. The summed E-state index contributed by atoms with van der Waals surface area (Å²) in [7, 11) is 0. The third-order valence-electron chi connectivity index (χ3n) is 12.8. The fourth-order valence-electron chi connectivity index (χ4n) is 8.39. The van der Waals surface area contributed by atoms with Crippen LogP contribution in [0.4, 0.5) is 0 Å². The van der Waals surface area contributed by atoms with E-state index in [1.807, 2.05) is 0 Å². The van der Waals surface area contributed by atoms with Crippen LogP contribution in [0.25, 0.3) is 0 Å². The minimum atomic E-state index is -0.786. The van der Waals surface area contributed by atoms with Crippen molar-refractivity contribution in [2.45, 2.75) is 309 Å². The van der Waals surface area contributed by atoms with Gasteiger partial charge in [0.1, 0.15) is 13.2 Å². The Morgan fingerprint density at radius 1 is 0.299 bits per heavy atom. The lowest BCUT2D eigenvalue weighted by Gasteiger charge is -2.18. The van der Waals surface area contributed by atoms with E-state index in [2.05, 4.69) is 69.4 Å². The van der Waals surface area contributed by atoms with E-state index >= 15 is 0 Å². The van der Waals surface area contributed by atoms with Crippen LogP contribution < -0.4 is 0 Å². The van der Waals surface area contributed by atoms with Crippen molar-refractivity contribution in [1.82, 2.24) is 0 Å². The molecule has 0 aliphatic heterocycles. The van der Waals surface area contributed by atoms with Gasteiger partial charge in [0.2, 0.25) is 0 Å². The standard InChI is InChI=1S/C61H110O6/c1-4-7-10-13-16-19-22-25-27-28-29-30-31-32-34-37-40-43-46-49-52-55-61(64)67-58(56-65-59(62)53-50-47-44-41-38-35-24-21-18-15-12-9-6-3)57-66-60(63)54-51-48-45-42-39-36-33-26-23-20-17-14-11-8-5-2/h17,20,25-27,33,39,42,58H,4-16,18-19,21-24,28-32,34-38,40-41,43-57H2,1-3H3/b20-17-,27-25-,33-26-,42-39-/t58-/m0/s1. The summed E-state index contributed by atoms with van der Waals surface area (Å²) in [6.07, 6.45) is 68.2. The van der Waals surface area contributed by atoms with Crippen molar-refractivity contribution in [3.05, 3.63) is 48.6 Å². The largest absolute Gasteiger partial charge is 0.462 e. The van der Waals surface area contributed by atoms with Crippen LogP contribution in [0.15, 0.2) is 48.6 Å². The summed E-state index contributed by atoms with van der Waals surface area (Å²) in [4.78, 5) is 38.1. The fourth-order valence-corrected chi connectivity index (χ4v) is 8.39. The number of hydrogen-bond donors (Lipinski definition) is 0. The van der Waals surface area contributed by atoms with Crippen LogP contribution in [-0.4, -0.2) is 37.2 Å². The van der Waals surface area contributed by atoms with Crippen molar-refractivity contribution in [2.75, 3.05) is 13.2 Å². The first-order valence-corrected chi connectivity index (χ1v) is 29.1. The lowest BCUT2D eigenvalue weighted by molar-refractivity contribution is -0.167. The smallest absolute Gasteiger partial charge is 0.306 e. The van der Waals surface area contributed by atoms with Crippen LogP contribution in [-0.2, 0) is 28.6 Å². The Morgan fingerprint density at radius 2 is 0.537 bits per heavy atom. The maximum Gasteiger partial charge on any atom is 0.306 e. The van der Waals surface area contributed by atoms with Crippen molar-refractivity contribution in [3.8, 4) is 0 Å². The first kappa shape index (κ1) is 64.4. The van der Waals surface area contributed by atoms with E-state index < -0.39 is 6.10 Å². The second kappa shape index (κ2) is 56.0. The van der Waals surface area contributed by atoms with Gasteiger partial charge < -0.3 is 14.2 Å². The normalized spacial score (nSPS) is 12.3.